The normalized spacial score (nSPS) is 10.0. The van der Waals surface area contributed by atoms with Gasteiger partial charge in [0.1, 0.15) is 0 Å². The van der Waals surface area contributed by atoms with E-state index < -0.39 is 0 Å². The van der Waals surface area contributed by atoms with E-state index in [9.17, 15) is 0 Å². The minimum Gasteiger partial charge on any atom is -0.0617 e. The Labute approximate surface area is 147 Å². The summed E-state index contributed by atoms with van der Waals surface area (Å²) in [4.78, 5) is 0. The van der Waals surface area contributed by atoms with Crippen molar-refractivity contribution in [2.75, 3.05) is 0 Å². The zero-order valence-corrected chi connectivity index (χ0v) is 15.6. The van der Waals surface area contributed by atoms with E-state index in [0.717, 1.165) is 6.42 Å². The van der Waals surface area contributed by atoms with Gasteiger partial charge in [0.05, 0.1) is 0 Å². The molecule has 0 atom stereocenters. The van der Waals surface area contributed by atoms with Crippen LogP contribution >= 0.6 is 0 Å². The molecular formula is C24H28. The molecular weight excluding hydrogens is 288 g/mol. The second-order valence-electron chi connectivity index (χ2n) is 6.66. The average Bonchev–Trinajstić information content (AvgIpc) is 2.57. The second kappa shape index (κ2) is 8.49. The van der Waals surface area contributed by atoms with Gasteiger partial charge in [-0.25, -0.2) is 0 Å². The largest absolute Gasteiger partial charge is 0.0617 e. The molecule has 0 radical (unpaired) electrons. The van der Waals surface area contributed by atoms with Crippen molar-refractivity contribution in [3.63, 3.8) is 0 Å². The van der Waals surface area contributed by atoms with Crippen LogP contribution in [0.2, 0.25) is 0 Å². The van der Waals surface area contributed by atoms with Crippen LogP contribution in [0.25, 0.3) is 0 Å². The van der Waals surface area contributed by atoms with Gasteiger partial charge in [-0.15, -0.1) is 0 Å². The number of rotatable bonds is 2. The van der Waals surface area contributed by atoms with Crippen LogP contribution in [-0.4, -0.2) is 0 Å². The highest BCUT2D eigenvalue weighted by molar-refractivity contribution is 5.32. The molecule has 0 aliphatic rings. The van der Waals surface area contributed by atoms with E-state index in [0.29, 0.717) is 0 Å². The standard InChI is InChI=1S/C15H16.C9H12/c1-12-3-7-14(8-4-12)11-15-9-5-13(2)6-10-15;1-7-5-4-6-8(2)9(7)3/h3-10H,11H2,1-2H3;4-6H,1-3H3. The molecule has 24 heavy (non-hydrogen) atoms. The van der Waals surface area contributed by atoms with Crippen molar-refractivity contribution in [2.45, 2.75) is 41.0 Å². The summed E-state index contributed by atoms with van der Waals surface area (Å²) in [6, 6.07) is 23.9. The number of benzene rings is 3. The molecule has 0 spiro atoms. The number of hydrogen-bond acceptors (Lipinski definition) is 0. The van der Waals surface area contributed by atoms with E-state index in [1.165, 1.54) is 38.9 Å². The maximum absolute atomic E-state index is 2.20. The van der Waals surface area contributed by atoms with Crippen LogP contribution in [0.1, 0.15) is 38.9 Å². The first-order chi connectivity index (χ1) is 11.5. The minimum absolute atomic E-state index is 1.03. The molecule has 3 rings (SSSR count). The lowest BCUT2D eigenvalue weighted by Crippen LogP contribution is -1.88. The quantitative estimate of drug-likeness (QED) is 0.506. The van der Waals surface area contributed by atoms with Crippen LogP contribution in [0.3, 0.4) is 0 Å². The smallest absolute Gasteiger partial charge is 0.00258 e. The van der Waals surface area contributed by atoms with E-state index in [4.69, 9.17) is 0 Å². The summed E-state index contributed by atoms with van der Waals surface area (Å²) in [5.74, 6) is 0. The summed E-state index contributed by atoms with van der Waals surface area (Å²) in [7, 11) is 0. The van der Waals surface area contributed by atoms with Gasteiger partial charge in [0.25, 0.3) is 0 Å². The van der Waals surface area contributed by atoms with Gasteiger partial charge in [-0.1, -0.05) is 77.9 Å². The first kappa shape index (κ1) is 18.0. The third kappa shape index (κ3) is 5.38. The summed E-state index contributed by atoms with van der Waals surface area (Å²) in [6.45, 7) is 10.7. The van der Waals surface area contributed by atoms with Gasteiger partial charge in [-0.05, 0) is 68.9 Å². The fraction of sp³-hybridized carbons (Fsp3) is 0.250. The Balaban J connectivity index is 0.000000198. The fourth-order valence-corrected chi connectivity index (χ4v) is 2.55. The Morgan fingerprint density at radius 1 is 0.500 bits per heavy atom. The Morgan fingerprint density at radius 3 is 1.21 bits per heavy atom. The van der Waals surface area contributed by atoms with Gasteiger partial charge in [-0.3, -0.25) is 0 Å². The van der Waals surface area contributed by atoms with Crippen molar-refractivity contribution in [3.8, 4) is 0 Å². The highest BCUT2D eigenvalue weighted by atomic mass is 14.0. The van der Waals surface area contributed by atoms with Gasteiger partial charge in [-0.2, -0.15) is 0 Å². The van der Waals surface area contributed by atoms with Gasteiger partial charge in [0.2, 0.25) is 0 Å². The van der Waals surface area contributed by atoms with Gasteiger partial charge in [0, 0.05) is 0 Å². The van der Waals surface area contributed by atoms with Crippen LogP contribution in [0, 0.1) is 34.6 Å². The molecule has 0 nitrogen and oxygen atoms in total. The van der Waals surface area contributed by atoms with E-state index in [-0.39, 0.29) is 0 Å². The van der Waals surface area contributed by atoms with Crippen molar-refractivity contribution < 1.29 is 0 Å². The van der Waals surface area contributed by atoms with Gasteiger partial charge in [0.15, 0.2) is 0 Å². The molecule has 0 fully saturated rings. The fourth-order valence-electron chi connectivity index (χ4n) is 2.55. The summed E-state index contributed by atoms with van der Waals surface area (Å²) >= 11 is 0. The molecule has 3 aromatic carbocycles. The molecule has 0 amide bonds. The molecule has 0 unspecified atom stereocenters. The van der Waals surface area contributed by atoms with Crippen molar-refractivity contribution in [1.82, 2.24) is 0 Å². The van der Waals surface area contributed by atoms with Crippen molar-refractivity contribution in [1.29, 1.82) is 0 Å². The molecule has 0 N–H and O–H groups in total. The lowest BCUT2D eigenvalue weighted by molar-refractivity contribution is 1.18. The third-order valence-corrected chi connectivity index (χ3v) is 4.52. The van der Waals surface area contributed by atoms with Gasteiger partial charge >= 0.3 is 0 Å². The third-order valence-electron chi connectivity index (χ3n) is 4.52. The molecule has 0 bridgehead atoms. The highest BCUT2D eigenvalue weighted by Crippen LogP contribution is 2.11. The first-order valence-corrected chi connectivity index (χ1v) is 8.59. The zero-order valence-electron chi connectivity index (χ0n) is 15.6. The maximum atomic E-state index is 2.20. The molecule has 0 saturated carbocycles. The predicted molar refractivity (Wildman–Crippen MR) is 106 cm³/mol. The summed E-state index contributed by atoms with van der Waals surface area (Å²) in [5.41, 5.74) is 9.58. The van der Waals surface area contributed by atoms with Crippen LogP contribution in [0.4, 0.5) is 0 Å². The molecule has 0 saturated heterocycles. The second-order valence-corrected chi connectivity index (χ2v) is 6.66. The van der Waals surface area contributed by atoms with E-state index in [1.54, 1.807) is 0 Å². The zero-order chi connectivity index (χ0) is 17.5. The summed E-state index contributed by atoms with van der Waals surface area (Å²) in [5, 5.41) is 0. The maximum Gasteiger partial charge on any atom is -0.00258 e. The van der Waals surface area contributed by atoms with Crippen LogP contribution < -0.4 is 0 Å². The van der Waals surface area contributed by atoms with Crippen molar-refractivity contribution >= 4 is 0 Å². The molecule has 0 heterocycles. The lowest BCUT2D eigenvalue weighted by Gasteiger charge is -2.03. The monoisotopic (exact) mass is 316 g/mol. The summed E-state index contributed by atoms with van der Waals surface area (Å²) in [6.07, 6.45) is 1.03. The molecule has 0 aliphatic carbocycles. The summed E-state index contributed by atoms with van der Waals surface area (Å²) < 4.78 is 0. The van der Waals surface area contributed by atoms with E-state index in [2.05, 4.69) is 101 Å². The van der Waals surface area contributed by atoms with Crippen LogP contribution in [-0.2, 0) is 6.42 Å². The number of hydrogen-bond donors (Lipinski definition) is 0. The molecule has 124 valence electrons. The Kier molecular flexibility index (Phi) is 6.37. The molecule has 0 aromatic heterocycles. The van der Waals surface area contributed by atoms with Crippen molar-refractivity contribution in [2.24, 2.45) is 0 Å². The van der Waals surface area contributed by atoms with E-state index in [1.807, 2.05) is 0 Å². The topological polar surface area (TPSA) is 0 Å². The Bertz CT molecular complexity index is 698. The highest BCUT2D eigenvalue weighted by Gasteiger charge is 1.95. The van der Waals surface area contributed by atoms with Crippen molar-refractivity contribution in [3.05, 3.63) is 106 Å². The molecule has 0 aliphatic heterocycles. The van der Waals surface area contributed by atoms with Crippen LogP contribution in [0.15, 0.2) is 66.7 Å². The lowest BCUT2D eigenvalue weighted by atomic mass is 10.0. The van der Waals surface area contributed by atoms with E-state index >= 15 is 0 Å². The van der Waals surface area contributed by atoms with Crippen LogP contribution in [0.5, 0.6) is 0 Å². The predicted octanol–water partition coefficient (Wildman–Crippen LogP) is 6.51. The average molecular weight is 316 g/mol. The number of aryl methyl sites for hydroxylation is 4. The van der Waals surface area contributed by atoms with Gasteiger partial charge < -0.3 is 0 Å². The molecule has 0 heteroatoms. The Hall–Kier alpha value is -2.34. The Morgan fingerprint density at radius 2 is 0.875 bits per heavy atom. The minimum atomic E-state index is 1.03. The molecule has 3 aromatic rings. The first-order valence-electron chi connectivity index (χ1n) is 8.59. The SMILES string of the molecule is Cc1ccc(Cc2ccc(C)cc2)cc1.Cc1cccc(C)c1C.